The van der Waals surface area contributed by atoms with E-state index >= 15 is 0 Å². The van der Waals surface area contributed by atoms with E-state index < -0.39 is 0 Å². The molecule has 0 unspecified atom stereocenters. The molecule has 0 aliphatic carbocycles. The number of quaternary nitrogens is 2. The van der Waals surface area contributed by atoms with Crippen LogP contribution >= 0.6 is 0 Å². The van der Waals surface area contributed by atoms with Gasteiger partial charge < -0.3 is 0 Å². The third-order valence-corrected chi connectivity index (χ3v) is 2.08. The Balaban J connectivity index is 2.33. The van der Waals surface area contributed by atoms with Gasteiger partial charge >= 0.3 is 0 Å². The Morgan fingerprint density at radius 3 is 1.50 bits per heavy atom. The van der Waals surface area contributed by atoms with Gasteiger partial charge in [-0.05, 0) is 0 Å². The molecule has 2 bridgehead atoms. The lowest BCUT2D eigenvalue weighted by molar-refractivity contribution is -1.19. The highest BCUT2D eigenvalue weighted by molar-refractivity contribution is 4.74. The predicted molar refractivity (Wildman–Crippen MR) is 31.2 cm³/mol. The highest BCUT2D eigenvalue weighted by Crippen LogP contribution is 2.33. The zero-order chi connectivity index (χ0) is 5.83. The zero-order valence-corrected chi connectivity index (χ0v) is 5.46. The van der Waals surface area contributed by atoms with Gasteiger partial charge in [0, 0.05) is 0 Å². The molecule has 2 nitrogen and oxygen atoms in total. The van der Waals surface area contributed by atoms with Crippen LogP contribution in [-0.2, 0) is 0 Å². The summed E-state index contributed by atoms with van der Waals surface area (Å²) in [6.07, 6.45) is 4.58. The molecule has 0 N–H and O–H groups in total. The Morgan fingerprint density at radius 1 is 1.00 bits per heavy atom. The van der Waals surface area contributed by atoms with Crippen LogP contribution < -0.4 is 0 Å². The number of rotatable bonds is 0. The monoisotopic (exact) mass is 112 g/mol. The van der Waals surface area contributed by atoms with Crippen molar-refractivity contribution in [1.29, 1.82) is 0 Å². The Hall–Kier alpha value is -0.340. The molecule has 44 valence electrons. The van der Waals surface area contributed by atoms with E-state index in [1.54, 1.807) is 0 Å². The molecule has 0 atom stereocenters. The summed E-state index contributed by atoms with van der Waals surface area (Å²) in [5.41, 5.74) is 0. The molecule has 3 aliphatic rings. The number of hydrogen-bond acceptors (Lipinski definition) is 0. The van der Waals surface area contributed by atoms with Crippen LogP contribution in [0.3, 0.4) is 0 Å². The lowest BCUT2D eigenvalue weighted by atomic mass is 10.4. The molecule has 0 radical (unpaired) electrons. The first-order valence-electron chi connectivity index (χ1n) is 3.01. The van der Waals surface area contributed by atoms with Crippen molar-refractivity contribution >= 4 is 0 Å². The van der Waals surface area contributed by atoms with E-state index in [4.69, 9.17) is 0 Å². The second-order valence-corrected chi connectivity index (χ2v) is 3.54. The highest BCUT2D eigenvalue weighted by Gasteiger charge is 2.54. The lowest BCUT2D eigenvalue weighted by Gasteiger charge is -2.42. The minimum atomic E-state index is 1.16. The van der Waals surface area contributed by atoms with Gasteiger partial charge in [-0.2, -0.15) is 0 Å². The van der Waals surface area contributed by atoms with Crippen LogP contribution in [0.5, 0.6) is 0 Å². The van der Waals surface area contributed by atoms with Gasteiger partial charge in [-0.25, -0.2) is 8.97 Å². The van der Waals surface area contributed by atoms with Gasteiger partial charge in [0.15, 0.2) is 12.4 Å². The molecule has 2 heteroatoms. The summed E-state index contributed by atoms with van der Waals surface area (Å²) in [5.74, 6) is 0. The number of nitrogens with zero attached hydrogens (tertiary/aromatic N) is 2. The second kappa shape index (κ2) is 0.870. The maximum Gasteiger partial charge on any atom is 0.224 e. The van der Waals surface area contributed by atoms with Crippen LogP contribution in [0.4, 0.5) is 0 Å². The lowest BCUT2D eigenvalue weighted by Crippen LogP contribution is -2.66. The maximum atomic E-state index is 2.29. The van der Waals surface area contributed by atoms with Crippen molar-refractivity contribution in [2.24, 2.45) is 0 Å². The van der Waals surface area contributed by atoms with E-state index in [-0.39, 0.29) is 0 Å². The minimum Gasteiger partial charge on any atom is -0.202 e. The molecule has 0 saturated carbocycles. The highest BCUT2D eigenvalue weighted by atomic mass is 15.7. The van der Waals surface area contributed by atoms with Gasteiger partial charge in [-0.1, -0.05) is 0 Å². The van der Waals surface area contributed by atoms with Crippen LogP contribution in [0.1, 0.15) is 0 Å². The fraction of sp³-hybridized carbons (Fsp3) is 0.667. The van der Waals surface area contributed by atoms with Gasteiger partial charge in [0.2, 0.25) is 13.3 Å². The van der Waals surface area contributed by atoms with Crippen molar-refractivity contribution < 1.29 is 8.97 Å². The van der Waals surface area contributed by atoms with E-state index in [0.29, 0.717) is 0 Å². The van der Waals surface area contributed by atoms with Gasteiger partial charge in [0.25, 0.3) is 0 Å². The molecule has 0 aromatic rings. The quantitative estimate of drug-likeness (QED) is 0.395. The topological polar surface area (TPSA) is 0 Å². The molecule has 0 amide bonds. The smallest absolute Gasteiger partial charge is 0.202 e. The fourth-order valence-electron chi connectivity index (χ4n) is 1.95. The van der Waals surface area contributed by atoms with Gasteiger partial charge in [0.1, 0.15) is 0 Å². The van der Waals surface area contributed by atoms with Crippen molar-refractivity contribution in [3.8, 4) is 0 Å². The van der Waals surface area contributed by atoms with Crippen molar-refractivity contribution in [3.05, 3.63) is 12.4 Å². The summed E-state index contributed by atoms with van der Waals surface area (Å²) in [5, 5.41) is 0. The molecule has 8 heavy (non-hydrogen) atoms. The van der Waals surface area contributed by atoms with Gasteiger partial charge in [-0.15, -0.1) is 0 Å². The van der Waals surface area contributed by atoms with Gasteiger partial charge in [0.05, 0.1) is 14.1 Å². The Kier molecular flexibility index (Phi) is 0.493. The van der Waals surface area contributed by atoms with Crippen LogP contribution in [0, 0.1) is 0 Å². The van der Waals surface area contributed by atoms with Crippen LogP contribution in [0.2, 0.25) is 0 Å². The van der Waals surface area contributed by atoms with E-state index in [9.17, 15) is 0 Å². The summed E-state index contributed by atoms with van der Waals surface area (Å²) in [7, 11) is 4.53. The van der Waals surface area contributed by atoms with E-state index in [1.807, 2.05) is 0 Å². The molecule has 3 rings (SSSR count). The SMILES string of the molecule is C[N+]12C=C[N+](C)(C1)C2. The summed E-state index contributed by atoms with van der Waals surface area (Å²) < 4.78 is 2.33. The fourth-order valence-corrected chi connectivity index (χ4v) is 1.95. The molecule has 0 aromatic carbocycles. The van der Waals surface area contributed by atoms with E-state index in [1.165, 1.54) is 13.3 Å². The first-order valence-corrected chi connectivity index (χ1v) is 3.01. The van der Waals surface area contributed by atoms with Crippen LogP contribution in [-0.4, -0.2) is 36.4 Å². The largest absolute Gasteiger partial charge is 0.224 e. The standard InChI is InChI=1S/C6H12N2/c1-7-3-4-8(2,5-7)6-7/h3-4H,5-6H2,1-2H3/q+2. The zero-order valence-electron chi connectivity index (χ0n) is 5.46. The second-order valence-electron chi connectivity index (χ2n) is 3.54. The molecule has 1 saturated heterocycles. The van der Waals surface area contributed by atoms with Gasteiger partial charge in [-0.3, -0.25) is 0 Å². The Bertz CT molecular complexity index is 138. The minimum absolute atomic E-state index is 1.16. The Labute approximate surface area is 49.8 Å². The maximum absolute atomic E-state index is 2.29. The third-order valence-electron chi connectivity index (χ3n) is 2.08. The van der Waals surface area contributed by atoms with Crippen molar-refractivity contribution in [2.45, 2.75) is 0 Å². The average molecular weight is 112 g/mol. The van der Waals surface area contributed by atoms with Crippen molar-refractivity contribution in [2.75, 3.05) is 27.4 Å². The molecule has 0 aromatic heterocycles. The van der Waals surface area contributed by atoms with Crippen molar-refractivity contribution in [3.63, 3.8) is 0 Å². The van der Waals surface area contributed by atoms with E-state index in [0.717, 1.165) is 8.97 Å². The molecule has 3 aliphatic heterocycles. The average Bonchev–Trinajstić information content (AvgIpc) is 1.88. The molecular weight excluding hydrogens is 100 g/mol. The first-order chi connectivity index (χ1) is 3.62. The molecular formula is C6H12N2+2. The van der Waals surface area contributed by atoms with Crippen molar-refractivity contribution in [1.82, 2.24) is 0 Å². The third kappa shape index (κ3) is 0.353. The molecule has 1 fully saturated rings. The first kappa shape index (κ1) is 4.53. The summed E-state index contributed by atoms with van der Waals surface area (Å²) >= 11 is 0. The number of hydrogen-bond donors (Lipinski definition) is 0. The summed E-state index contributed by atoms with van der Waals surface area (Å²) in [6, 6.07) is 0. The van der Waals surface area contributed by atoms with E-state index in [2.05, 4.69) is 26.5 Å². The molecule has 0 spiro atoms. The summed E-state index contributed by atoms with van der Waals surface area (Å²) in [6.45, 7) is 2.56. The normalized spacial score (nSPS) is 58.8. The van der Waals surface area contributed by atoms with Crippen LogP contribution in [0.15, 0.2) is 12.4 Å². The van der Waals surface area contributed by atoms with Crippen LogP contribution in [0.25, 0.3) is 0 Å². The summed E-state index contributed by atoms with van der Waals surface area (Å²) in [4.78, 5) is 0. The Morgan fingerprint density at radius 2 is 1.38 bits per heavy atom. The molecule has 3 heterocycles. The predicted octanol–water partition coefficient (Wildman–Crippen LogP) is 0.293.